The van der Waals surface area contributed by atoms with Crippen LogP contribution in [-0.2, 0) is 0 Å². The molecule has 26 heavy (non-hydrogen) atoms. The summed E-state index contributed by atoms with van der Waals surface area (Å²) in [5.74, 6) is 0.284. The van der Waals surface area contributed by atoms with Gasteiger partial charge in [0.15, 0.2) is 0 Å². The first-order valence-corrected chi connectivity index (χ1v) is 8.52. The Balaban J connectivity index is 2.07. The van der Waals surface area contributed by atoms with Crippen molar-refractivity contribution < 1.29 is 5.11 Å². The Morgan fingerprint density at radius 3 is 2.54 bits per heavy atom. The summed E-state index contributed by atoms with van der Waals surface area (Å²) in [5.41, 5.74) is 7.03. The molecule has 0 bridgehead atoms. The third kappa shape index (κ3) is 4.58. The molecule has 7 heteroatoms. The van der Waals surface area contributed by atoms with E-state index in [-0.39, 0.29) is 11.5 Å². The van der Waals surface area contributed by atoms with E-state index in [0.29, 0.717) is 28.6 Å². The molecule has 7 N–H and O–H groups in total. The van der Waals surface area contributed by atoms with Gasteiger partial charge in [-0.1, -0.05) is 6.07 Å². The van der Waals surface area contributed by atoms with Crippen LogP contribution in [0.2, 0.25) is 0 Å². The predicted octanol–water partition coefficient (Wildman–Crippen LogP) is 1.93. The van der Waals surface area contributed by atoms with Crippen LogP contribution in [0.4, 0.5) is 0 Å². The lowest BCUT2D eigenvalue weighted by molar-refractivity contribution is 0.289. The molecule has 0 spiro atoms. The van der Waals surface area contributed by atoms with Gasteiger partial charge in [-0.15, -0.1) is 0 Å². The molecule has 1 heterocycles. The zero-order valence-corrected chi connectivity index (χ0v) is 14.9. The second-order valence-corrected chi connectivity index (χ2v) is 6.22. The first kappa shape index (κ1) is 19.4. The summed E-state index contributed by atoms with van der Waals surface area (Å²) < 4.78 is 0. The number of phenols is 1. The van der Waals surface area contributed by atoms with Crippen molar-refractivity contribution in [2.45, 2.75) is 18.9 Å². The number of nitrogens with zero attached hydrogens (tertiary/aromatic N) is 1. The Morgan fingerprint density at radius 1 is 1.27 bits per heavy atom. The van der Waals surface area contributed by atoms with E-state index in [4.69, 9.17) is 22.0 Å². The number of aromatic hydroxyl groups is 1. The summed E-state index contributed by atoms with van der Waals surface area (Å²) in [6.07, 6.45) is 7.50. The summed E-state index contributed by atoms with van der Waals surface area (Å²) in [6.45, 7) is 1.91. The zero-order valence-electron chi connectivity index (χ0n) is 14.9. The summed E-state index contributed by atoms with van der Waals surface area (Å²) in [7, 11) is 1.90. The van der Waals surface area contributed by atoms with Gasteiger partial charge in [0.1, 0.15) is 11.6 Å². The largest absolute Gasteiger partial charge is 0.507 e. The highest BCUT2D eigenvalue weighted by Gasteiger charge is 2.18. The van der Waals surface area contributed by atoms with Crippen LogP contribution in [0, 0.1) is 16.2 Å². The average molecular weight is 354 g/mol. The molecule has 0 saturated carbocycles. The quantitative estimate of drug-likeness (QED) is 0.344. The van der Waals surface area contributed by atoms with Gasteiger partial charge in [0.2, 0.25) is 0 Å². The molecule has 1 fully saturated rings. The number of likely N-dealkylation sites (N-methyl/N-ethyl adjacent to an activating group) is 1. The van der Waals surface area contributed by atoms with Crippen LogP contribution in [0.1, 0.15) is 24.0 Å². The Kier molecular flexibility index (Phi) is 6.68. The maximum Gasteiger partial charge on any atom is 0.125 e. The summed E-state index contributed by atoms with van der Waals surface area (Å²) >= 11 is 0. The van der Waals surface area contributed by atoms with Gasteiger partial charge in [0, 0.05) is 36.6 Å². The first-order valence-electron chi connectivity index (χ1n) is 8.52. The molecule has 0 atom stereocenters. The number of amidine groups is 1. The fourth-order valence-electron chi connectivity index (χ4n) is 2.93. The highest BCUT2D eigenvalue weighted by molar-refractivity contribution is 6.12. The standard InChI is InChI=1S/C19H26N6O/c1-25(15-6-8-24-9-7-15)19(23)5-4-17(22)16-3-2-13(10-18(16)26)14(11-20)12-21/h2-5,10-12,15,20,22-24,26H,6-9,21H2,1H3/b5-4-,14-12+,20-11?,22-17?,23-19?. The van der Waals surface area contributed by atoms with Crippen molar-refractivity contribution >= 4 is 23.3 Å². The monoisotopic (exact) mass is 354 g/mol. The lowest BCUT2D eigenvalue weighted by Gasteiger charge is -2.32. The molecular formula is C19H26N6O. The highest BCUT2D eigenvalue weighted by Crippen LogP contribution is 2.23. The van der Waals surface area contributed by atoms with Gasteiger partial charge in [-0.3, -0.25) is 5.41 Å². The molecule has 1 aliphatic rings. The fourth-order valence-corrected chi connectivity index (χ4v) is 2.93. The molecule has 1 aromatic carbocycles. The van der Waals surface area contributed by atoms with Crippen LogP contribution >= 0.6 is 0 Å². The maximum absolute atomic E-state index is 10.2. The Bertz CT molecular complexity index is 746. The molecule has 0 unspecified atom stereocenters. The van der Waals surface area contributed by atoms with Gasteiger partial charge in [-0.05, 0) is 55.8 Å². The molecule has 7 nitrogen and oxygen atoms in total. The second-order valence-electron chi connectivity index (χ2n) is 6.22. The molecule has 2 rings (SSSR count). The molecule has 1 aliphatic heterocycles. The van der Waals surface area contributed by atoms with Gasteiger partial charge in [-0.25, -0.2) is 0 Å². The smallest absolute Gasteiger partial charge is 0.125 e. The van der Waals surface area contributed by atoms with E-state index >= 15 is 0 Å². The number of hydrogen-bond donors (Lipinski definition) is 6. The lowest BCUT2D eigenvalue weighted by Crippen LogP contribution is -2.43. The Hall–Kier alpha value is -2.93. The summed E-state index contributed by atoms with van der Waals surface area (Å²) in [5, 5.41) is 37.2. The first-order chi connectivity index (χ1) is 12.5. The molecule has 1 saturated heterocycles. The number of benzene rings is 1. The van der Waals surface area contributed by atoms with Crippen molar-refractivity contribution in [3.63, 3.8) is 0 Å². The summed E-state index contributed by atoms with van der Waals surface area (Å²) in [6, 6.07) is 5.13. The van der Waals surface area contributed by atoms with Crippen molar-refractivity contribution in [3.05, 3.63) is 47.7 Å². The topological polar surface area (TPSA) is 133 Å². The third-order valence-corrected chi connectivity index (χ3v) is 4.60. The summed E-state index contributed by atoms with van der Waals surface area (Å²) in [4.78, 5) is 1.93. The molecule has 0 amide bonds. The van der Waals surface area contributed by atoms with Crippen LogP contribution in [0.3, 0.4) is 0 Å². The normalized spacial score (nSPS) is 15.8. The third-order valence-electron chi connectivity index (χ3n) is 4.60. The average Bonchev–Trinajstić information content (AvgIpc) is 2.67. The predicted molar refractivity (Wildman–Crippen MR) is 106 cm³/mol. The van der Waals surface area contributed by atoms with E-state index in [0.717, 1.165) is 32.1 Å². The number of allylic oxidation sites excluding steroid dienone is 2. The number of rotatable bonds is 6. The number of piperidine rings is 1. The van der Waals surface area contributed by atoms with Crippen molar-refractivity contribution in [1.29, 1.82) is 16.2 Å². The van der Waals surface area contributed by atoms with E-state index in [1.807, 2.05) is 11.9 Å². The van der Waals surface area contributed by atoms with Crippen LogP contribution in [0.15, 0.2) is 36.6 Å². The number of phenolic OH excluding ortho intramolecular Hbond substituents is 1. The van der Waals surface area contributed by atoms with Crippen LogP contribution in [0.5, 0.6) is 5.75 Å². The van der Waals surface area contributed by atoms with E-state index in [9.17, 15) is 5.11 Å². The lowest BCUT2D eigenvalue weighted by atomic mass is 10.0. The minimum absolute atomic E-state index is 0.0587. The van der Waals surface area contributed by atoms with E-state index in [1.54, 1.807) is 18.2 Å². The van der Waals surface area contributed by atoms with E-state index in [2.05, 4.69) is 5.32 Å². The molecular weight excluding hydrogens is 328 g/mol. The molecule has 0 aliphatic carbocycles. The van der Waals surface area contributed by atoms with Gasteiger partial charge in [0.25, 0.3) is 0 Å². The number of nitrogens with two attached hydrogens (primary N) is 1. The van der Waals surface area contributed by atoms with Crippen LogP contribution in [-0.4, -0.2) is 53.9 Å². The second kappa shape index (κ2) is 8.96. The van der Waals surface area contributed by atoms with Gasteiger partial charge in [0.05, 0.1) is 5.71 Å². The molecule has 1 aromatic rings. The maximum atomic E-state index is 10.2. The number of nitrogens with one attached hydrogen (secondary N) is 4. The van der Waals surface area contributed by atoms with Crippen LogP contribution < -0.4 is 11.1 Å². The van der Waals surface area contributed by atoms with Crippen molar-refractivity contribution in [3.8, 4) is 5.75 Å². The highest BCUT2D eigenvalue weighted by atomic mass is 16.3. The van der Waals surface area contributed by atoms with Crippen molar-refractivity contribution in [2.24, 2.45) is 5.73 Å². The van der Waals surface area contributed by atoms with Gasteiger partial charge in [-0.2, -0.15) is 0 Å². The SMILES string of the molecule is CN(C(=N)/C=C\C(=N)c1ccc(/C(C=N)=C/N)cc1O)C1CCNCC1. The van der Waals surface area contributed by atoms with E-state index < -0.39 is 0 Å². The van der Waals surface area contributed by atoms with Crippen molar-refractivity contribution in [2.75, 3.05) is 20.1 Å². The fraction of sp³-hybridized carbons (Fsp3) is 0.316. The molecule has 0 aromatic heterocycles. The minimum Gasteiger partial charge on any atom is -0.507 e. The Morgan fingerprint density at radius 2 is 1.96 bits per heavy atom. The van der Waals surface area contributed by atoms with Crippen LogP contribution in [0.25, 0.3) is 5.57 Å². The zero-order chi connectivity index (χ0) is 19.1. The number of hydrogen-bond acceptors (Lipinski definition) is 6. The minimum atomic E-state index is -0.0587. The Labute approximate surface area is 153 Å². The van der Waals surface area contributed by atoms with E-state index in [1.165, 1.54) is 18.3 Å². The van der Waals surface area contributed by atoms with Gasteiger partial charge >= 0.3 is 0 Å². The molecule has 138 valence electrons. The molecule has 0 radical (unpaired) electrons. The van der Waals surface area contributed by atoms with Gasteiger partial charge < -0.3 is 31.9 Å². The van der Waals surface area contributed by atoms with Crippen molar-refractivity contribution in [1.82, 2.24) is 10.2 Å².